The van der Waals surface area contributed by atoms with Crippen LogP contribution in [0.2, 0.25) is 0 Å². The number of halogens is 1. The number of nitrogens with one attached hydrogen (secondary N) is 1. The SMILES string of the molecule is CCOCCC1(CNC(=NC)N2CCN(Cc3ccon3)CC2)CC1.I. The fourth-order valence-electron chi connectivity index (χ4n) is 3.39. The van der Waals surface area contributed by atoms with E-state index in [2.05, 4.69) is 32.2 Å². The van der Waals surface area contributed by atoms with Crippen LogP contribution in [0, 0.1) is 5.41 Å². The molecule has 148 valence electrons. The largest absolute Gasteiger partial charge is 0.382 e. The number of guanidine groups is 1. The fraction of sp³-hybridized carbons (Fsp3) is 0.778. The molecule has 0 aromatic carbocycles. The van der Waals surface area contributed by atoms with Gasteiger partial charge in [-0.05, 0) is 31.6 Å². The molecule has 3 rings (SSSR count). The number of hydrogen-bond donors (Lipinski definition) is 1. The quantitative estimate of drug-likeness (QED) is 0.268. The van der Waals surface area contributed by atoms with E-state index in [4.69, 9.17) is 9.26 Å². The molecule has 0 amide bonds. The molecule has 1 aromatic rings. The molecule has 1 aliphatic heterocycles. The third kappa shape index (κ3) is 6.09. The number of aliphatic imine (C=N–C) groups is 1. The van der Waals surface area contributed by atoms with E-state index in [0.717, 1.165) is 70.6 Å². The number of aromatic nitrogens is 1. The van der Waals surface area contributed by atoms with E-state index in [9.17, 15) is 0 Å². The molecule has 0 spiro atoms. The number of nitrogens with zero attached hydrogens (tertiary/aromatic N) is 4. The Morgan fingerprint density at radius 2 is 2.12 bits per heavy atom. The van der Waals surface area contributed by atoms with Crippen molar-refractivity contribution in [3.05, 3.63) is 18.0 Å². The van der Waals surface area contributed by atoms with Crippen molar-refractivity contribution in [2.75, 3.05) is 53.0 Å². The van der Waals surface area contributed by atoms with Crippen LogP contribution in [0.15, 0.2) is 21.8 Å². The normalized spacial score (nSPS) is 19.9. The van der Waals surface area contributed by atoms with Crippen LogP contribution in [0.5, 0.6) is 0 Å². The molecule has 7 nitrogen and oxygen atoms in total. The summed E-state index contributed by atoms with van der Waals surface area (Å²) >= 11 is 0. The molecule has 1 aromatic heterocycles. The lowest BCUT2D eigenvalue weighted by atomic mass is 10.0. The first-order valence-corrected chi connectivity index (χ1v) is 9.40. The molecule has 1 saturated heterocycles. The lowest BCUT2D eigenvalue weighted by Crippen LogP contribution is -2.52. The summed E-state index contributed by atoms with van der Waals surface area (Å²) in [5.41, 5.74) is 1.43. The van der Waals surface area contributed by atoms with Crippen LogP contribution in [0.4, 0.5) is 0 Å². The van der Waals surface area contributed by atoms with Gasteiger partial charge in [-0.3, -0.25) is 9.89 Å². The van der Waals surface area contributed by atoms with E-state index in [1.807, 2.05) is 13.1 Å². The summed E-state index contributed by atoms with van der Waals surface area (Å²) in [4.78, 5) is 9.26. The van der Waals surface area contributed by atoms with E-state index in [1.165, 1.54) is 12.8 Å². The molecular formula is C18H32IN5O2. The molecule has 0 bridgehead atoms. The van der Waals surface area contributed by atoms with Gasteiger partial charge in [0.1, 0.15) is 6.26 Å². The summed E-state index contributed by atoms with van der Waals surface area (Å²) < 4.78 is 10.4. The Morgan fingerprint density at radius 1 is 1.35 bits per heavy atom. The fourth-order valence-corrected chi connectivity index (χ4v) is 3.39. The van der Waals surface area contributed by atoms with E-state index in [-0.39, 0.29) is 24.0 Å². The van der Waals surface area contributed by atoms with Crippen LogP contribution in [-0.2, 0) is 11.3 Å². The Labute approximate surface area is 173 Å². The molecule has 2 fully saturated rings. The highest BCUT2D eigenvalue weighted by atomic mass is 127. The third-order valence-electron chi connectivity index (χ3n) is 5.32. The van der Waals surface area contributed by atoms with Gasteiger partial charge in [-0.25, -0.2) is 0 Å². The maximum atomic E-state index is 5.53. The van der Waals surface area contributed by atoms with Gasteiger partial charge < -0.3 is 19.5 Å². The van der Waals surface area contributed by atoms with E-state index < -0.39 is 0 Å². The molecule has 1 aliphatic carbocycles. The van der Waals surface area contributed by atoms with Gasteiger partial charge in [-0.1, -0.05) is 5.16 Å². The van der Waals surface area contributed by atoms with Gasteiger partial charge in [0, 0.05) is 65.6 Å². The highest BCUT2D eigenvalue weighted by Crippen LogP contribution is 2.48. The van der Waals surface area contributed by atoms with Crippen LogP contribution in [0.25, 0.3) is 0 Å². The van der Waals surface area contributed by atoms with E-state index >= 15 is 0 Å². The molecule has 2 heterocycles. The molecule has 0 atom stereocenters. The predicted molar refractivity (Wildman–Crippen MR) is 113 cm³/mol. The number of rotatable bonds is 8. The van der Waals surface area contributed by atoms with Crippen molar-refractivity contribution in [2.24, 2.45) is 10.4 Å². The summed E-state index contributed by atoms with van der Waals surface area (Å²) in [7, 11) is 1.88. The first-order valence-electron chi connectivity index (χ1n) is 9.40. The zero-order chi connectivity index (χ0) is 17.5. The van der Waals surface area contributed by atoms with Crippen molar-refractivity contribution >= 4 is 29.9 Å². The summed E-state index contributed by atoms with van der Waals surface area (Å²) in [6, 6.07) is 1.93. The Kier molecular flexibility index (Phi) is 8.62. The first kappa shape index (κ1) is 21.4. The number of ether oxygens (including phenoxy) is 1. The molecule has 0 unspecified atom stereocenters. The minimum absolute atomic E-state index is 0. The first-order chi connectivity index (χ1) is 12.2. The zero-order valence-electron chi connectivity index (χ0n) is 15.9. The van der Waals surface area contributed by atoms with Crippen LogP contribution >= 0.6 is 24.0 Å². The minimum Gasteiger partial charge on any atom is -0.382 e. The van der Waals surface area contributed by atoms with Crippen molar-refractivity contribution in [3.63, 3.8) is 0 Å². The Hall–Kier alpha value is -0.870. The highest BCUT2D eigenvalue weighted by Gasteiger charge is 2.42. The summed E-state index contributed by atoms with van der Waals surface area (Å²) in [5.74, 6) is 1.03. The van der Waals surface area contributed by atoms with Crippen molar-refractivity contribution < 1.29 is 9.26 Å². The van der Waals surface area contributed by atoms with Gasteiger partial charge in [0.2, 0.25) is 0 Å². The molecule has 2 aliphatic rings. The van der Waals surface area contributed by atoms with Crippen LogP contribution < -0.4 is 5.32 Å². The lowest BCUT2D eigenvalue weighted by Gasteiger charge is -2.36. The smallest absolute Gasteiger partial charge is 0.193 e. The molecule has 0 radical (unpaired) electrons. The number of piperazine rings is 1. The average Bonchev–Trinajstić information content (AvgIpc) is 3.21. The van der Waals surface area contributed by atoms with Gasteiger partial charge in [0.05, 0.1) is 5.69 Å². The maximum Gasteiger partial charge on any atom is 0.193 e. The van der Waals surface area contributed by atoms with Gasteiger partial charge in [0.15, 0.2) is 5.96 Å². The van der Waals surface area contributed by atoms with Crippen molar-refractivity contribution in [1.29, 1.82) is 0 Å². The van der Waals surface area contributed by atoms with E-state index in [0.29, 0.717) is 5.41 Å². The molecule has 1 saturated carbocycles. The average molecular weight is 477 g/mol. The lowest BCUT2D eigenvalue weighted by molar-refractivity contribution is 0.128. The summed E-state index contributed by atoms with van der Waals surface area (Å²) in [6.07, 6.45) is 5.39. The predicted octanol–water partition coefficient (Wildman–Crippen LogP) is 2.19. The second-order valence-corrected chi connectivity index (χ2v) is 7.10. The van der Waals surface area contributed by atoms with Crippen LogP contribution in [0.1, 0.15) is 31.9 Å². The Balaban J connectivity index is 0.00000243. The standard InChI is InChI=1S/C18H31N5O2.HI/c1-3-24-13-7-18(5-6-18)15-20-17(19-2)23-10-8-22(9-11-23)14-16-4-12-25-21-16;/h4,12H,3,5-11,13-15H2,1-2H3,(H,19,20);1H. The van der Waals surface area contributed by atoms with Crippen molar-refractivity contribution in [3.8, 4) is 0 Å². The second-order valence-electron chi connectivity index (χ2n) is 7.10. The topological polar surface area (TPSA) is 66.1 Å². The van der Waals surface area contributed by atoms with E-state index in [1.54, 1.807) is 6.26 Å². The van der Waals surface area contributed by atoms with Crippen molar-refractivity contribution in [1.82, 2.24) is 20.3 Å². The zero-order valence-corrected chi connectivity index (χ0v) is 18.3. The maximum absolute atomic E-state index is 5.53. The minimum atomic E-state index is 0. The Bertz CT molecular complexity index is 540. The highest BCUT2D eigenvalue weighted by molar-refractivity contribution is 14.0. The van der Waals surface area contributed by atoms with Gasteiger partial charge in [-0.15, -0.1) is 24.0 Å². The number of hydrogen-bond acceptors (Lipinski definition) is 5. The summed E-state index contributed by atoms with van der Waals surface area (Å²) in [6.45, 7) is 9.62. The van der Waals surface area contributed by atoms with Crippen LogP contribution in [0.3, 0.4) is 0 Å². The second kappa shape index (κ2) is 10.5. The Morgan fingerprint density at radius 3 is 2.69 bits per heavy atom. The third-order valence-corrected chi connectivity index (χ3v) is 5.32. The molecule has 26 heavy (non-hydrogen) atoms. The monoisotopic (exact) mass is 477 g/mol. The molecule has 8 heteroatoms. The summed E-state index contributed by atoms with van der Waals surface area (Å²) in [5, 5.41) is 7.60. The van der Waals surface area contributed by atoms with Crippen LogP contribution in [-0.4, -0.2) is 73.9 Å². The van der Waals surface area contributed by atoms with Gasteiger partial charge in [-0.2, -0.15) is 0 Å². The van der Waals surface area contributed by atoms with Gasteiger partial charge >= 0.3 is 0 Å². The molecular weight excluding hydrogens is 445 g/mol. The van der Waals surface area contributed by atoms with Gasteiger partial charge in [0.25, 0.3) is 0 Å². The molecule has 1 N–H and O–H groups in total. The van der Waals surface area contributed by atoms with Crippen molar-refractivity contribution in [2.45, 2.75) is 32.7 Å².